The number of hydrogen-bond donors (Lipinski definition) is 0. The highest BCUT2D eigenvalue weighted by Crippen LogP contribution is 2.30. The van der Waals surface area contributed by atoms with E-state index in [0.717, 1.165) is 0 Å². The third kappa shape index (κ3) is 2.03. The number of thiophene rings is 1. The second-order valence-electron chi connectivity index (χ2n) is 2.11. The van der Waals surface area contributed by atoms with Crippen molar-refractivity contribution in [2.45, 2.75) is 19.1 Å². The van der Waals surface area contributed by atoms with Crippen molar-refractivity contribution in [2.24, 2.45) is 0 Å². The van der Waals surface area contributed by atoms with Crippen LogP contribution in [0.15, 0.2) is 17.5 Å². The first kappa shape index (κ1) is 8.15. The fourth-order valence-corrected chi connectivity index (χ4v) is 2.63. The maximum absolute atomic E-state index is 2.26. The minimum Gasteiger partial charge on any atom is -0.154 e. The zero-order valence-electron chi connectivity index (χ0n) is 6.33. The Morgan fingerprint density at radius 2 is 2.50 bits per heavy atom. The Bertz CT molecular complexity index is 167. The molecule has 0 saturated carbocycles. The van der Waals surface area contributed by atoms with E-state index in [1.54, 1.807) is 0 Å². The smallest absolute Gasteiger partial charge is 0.0362 e. The lowest BCUT2D eigenvalue weighted by Gasteiger charge is -2.05. The van der Waals surface area contributed by atoms with Crippen molar-refractivity contribution >= 4 is 23.1 Å². The fraction of sp³-hybridized carbons (Fsp3) is 0.500. The van der Waals surface area contributed by atoms with Crippen LogP contribution >= 0.6 is 23.1 Å². The predicted molar refractivity (Wildman–Crippen MR) is 50.9 cm³/mol. The fourth-order valence-electron chi connectivity index (χ4n) is 0.855. The summed E-state index contributed by atoms with van der Waals surface area (Å²) in [5.74, 6) is 1.21. The van der Waals surface area contributed by atoms with Crippen LogP contribution in [0.2, 0.25) is 0 Å². The number of thioether (sulfide) groups is 1. The van der Waals surface area contributed by atoms with Gasteiger partial charge in [0, 0.05) is 10.1 Å². The summed E-state index contributed by atoms with van der Waals surface area (Å²) in [6, 6.07) is 4.32. The first-order valence-electron chi connectivity index (χ1n) is 3.49. The van der Waals surface area contributed by atoms with E-state index >= 15 is 0 Å². The average molecular weight is 172 g/mol. The van der Waals surface area contributed by atoms with Crippen molar-refractivity contribution in [1.82, 2.24) is 0 Å². The first-order valence-corrected chi connectivity index (χ1v) is 5.42. The predicted octanol–water partition coefficient (Wildman–Crippen LogP) is 3.56. The molecule has 0 radical (unpaired) electrons. The van der Waals surface area contributed by atoms with Gasteiger partial charge in [0.15, 0.2) is 0 Å². The molecule has 1 aromatic heterocycles. The molecule has 1 aromatic rings. The van der Waals surface area contributed by atoms with Crippen LogP contribution in [-0.4, -0.2) is 5.75 Å². The molecule has 0 aliphatic heterocycles. The van der Waals surface area contributed by atoms with E-state index in [0.29, 0.717) is 5.25 Å². The molecule has 1 rings (SSSR count). The largest absolute Gasteiger partial charge is 0.154 e. The van der Waals surface area contributed by atoms with Gasteiger partial charge in [-0.25, -0.2) is 0 Å². The molecule has 10 heavy (non-hydrogen) atoms. The van der Waals surface area contributed by atoms with Crippen LogP contribution in [0.3, 0.4) is 0 Å². The van der Waals surface area contributed by atoms with Crippen molar-refractivity contribution in [3.8, 4) is 0 Å². The Hall–Kier alpha value is 0.0500. The lowest BCUT2D eigenvalue weighted by Crippen LogP contribution is -1.82. The van der Waals surface area contributed by atoms with Crippen LogP contribution in [0, 0.1) is 0 Å². The molecule has 2 heteroatoms. The van der Waals surface area contributed by atoms with E-state index < -0.39 is 0 Å². The Balaban J connectivity index is 2.50. The highest BCUT2D eigenvalue weighted by Gasteiger charge is 2.03. The summed E-state index contributed by atoms with van der Waals surface area (Å²) in [6.07, 6.45) is 0. The summed E-state index contributed by atoms with van der Waals surface area (Å²) in [7, 11) is 0. The lowest BCUT2D eigenvalue weighted by molar-refractivity contribution is 1.14. The molecule has 0 amide bonds. The second-order valence-corrected chi connectivity index (χ2v) is 4.71. The number of hydrogen-bond acceptors (Lipinski definition) is 2. The molecule has 0 nitrogen and oxygen atoms in total. The zero-order valence-corrected chi connectivity index (χ0v) is 7.97. The normalized spacial score (nSPS) is 13.4. The Morgan fingerprint density at radius 3 is 3.00 bits per heavy atom. The maximum atomic E-state index is 2.26. The van der Waals surface area contributed by atoms with Gasteiger partial charge in [-0.2, -0.15) is 11.8 Å². The van der Waals surface area contributed by atoms with E-state index in [-0.39, 0.29) is 0 Å². The summed E-state index contributed by atoms with van der Waals surface area (Å²) in [5.41, 5.74) is 0. The molecular formula is C8H12S2. The molecule has 0 bridgehead atoms. The van der Waals surface area contributed by atoms with Crippen LogP contribution < -0.4 is 0 Å². The molecular weight excluding hydrogens is 160 g/mol. The van der Waals surface area contributed by atoms with Gasteiger partial charge in [-0.3, -0.25) is 0 Å². The van der Waals surface area contributed by atoms with Gasteiger partial charge in [0.2, 0.25) is 0 Å². The molecule has 0 N–H and O–H groups in total. The van der Waals surface area contributed by atoms with Crippen molar-refractivity contribution in [3.63, 3.8) is 0 Å². The second kappa shape index (κ2) is 4.04. The highest BCUT2D eigenvalue weighted by molar-refractivity contribution is 7.99. The van der Waals surface area contributed by atoms with Gasteiger partial charge < -0.3 is 0 Å². The minimum absolute atomic E-state index is 0.685. The van der Waals surface area contributed by atoms with E-state index in [2.05, 4.69) is 31.4 Å². The van der Waals surface area contributed by atoms with Crippen LogP contribution in [-0.2, 0) is 0 Å². The topological polar surface area (TPSA) is 0 Å². The molecule has 0 fully saturated rings. The zero-order chi connectivity index (χ0) is 7.40. The van der Waals surface area contributed by atoms with E-state index in [1.165, 1.54) is 10.6 Å². The lowest BCUT2D eigenvalue weighted by atomic mass is 10.4. The third-order valence-corrected chi connectivity index (χ3v) is 3.65. The number of rotatable bonds is 3. The van der Waals surface area contributed by atoms with Gasteiger partial charge in [-0.05, 0) is 24.1 Å². The van der Waals surface area contributed by atoms with Crippen molar-refractivity contribution in [3.05, 3.63) is 22.4 Å². The molecule has 1 heterocycles. The minimum atomic E-state index is 0.685. The van der Waals surface area contributed by atoms with Crippen molar-refractivity contribution in [1.29, 1.82) is 0 Å². The SMILES string of the molecule is CCSC(C)c1cccs1. The van der Waals surface area contributed by atoms with Crippen molar-refractivity contribution in [2.75, 3.05) is 5.75 Å². The van der Waals surface area contributed by atoms with E-state index in [1.807, 2.05) is 23.1 Å². The monoisotopic (exact) mass is 172 g/mol. The highest BCUT2D eigenvalue weighted by atomic mass is 32.2. The quantitative estimate of drug-likeness (QED) is 0.671. The van der Waals surface area contributed by atoms with E-state index in [9.17, 15) is 0 Å². The van der Waals surface area contributed by atoms with Gasteiger partial charge in [0.1, 0.15) is 0 Å². The van der Waals surface area contributed by atoms with Gasteiger partial charge in [0.05, 0.1) is 0 Å². The van der Waals surface area contributed by atoms with Gasteiger partial charge in [-0.15, -0.1) is 11.3 Å². The summed E-state index contributed by atoms with van der Waals surface area (Å²) >= 11 is 3.85. The van der Waals surface area contributed by atoms with E-state index in [4.69, 9.17) is 0 Å². The van der Waals surface area contributed by atoms with Crippen LogP contribution in [0.5, 0.6) is 0 Å². The molecule has 0 aliphatic rings. The molecule has 1 unspecified atom stereocenters. The maximum Gasteiger partial charge on any atom is 0.0362 e. The standard InChI is InChI=1S/C8H12S2/c1-3-9-7(2)8-5-4-6-10-8/h4-7H,3H2,1-2H3. The summed E-state index contributed by atoms with van der Waals surface area (Å²) in [4.78, 5) is 1.49. The molecule has 0 aliphatic carbocycles. The van der Waals surface area contributed by atoms with Gasteiger partial charge >= 0.3 is 0 Å². The molecule has 0 saturated heterocycles. The Kier molecular flexibility index (Phi) is 3.29. The third-order valence-electron chi connectivity index (χ3n) is 1.36. The molecule has 1 atom stereocenters. The van der Waals surface area contributed by atoms with Crippen LogP contribution in [0.1, 0.15) is 24.0 Å². The van der Waals surface area contributed by atoms with Gasteiger partial charge in [-0.1, -0.05) is 13.0 Å². The Morgan fingerprint density at radius 1 is 1.70 bits per heavy atom. The van der Waals surface area contributed by atoms with Crippen molar-refractivity contribution < 1.29 is 0 Å². The van der Waals surface area contributed by atoms with Gasteiger partial charge in [0.25, 0.3) is 0 Å². The average Bonchev–Trinajstić information content (AvgIpc) is 2.38. The molecule has 56 valence electrons. The summed E-state index contributed by atoms with van der Waals surface area (Å²) in [6.45, 7) is 4.47. The summed E-state index contributed by atoms with van der Waals surface area (Å²) < 4.78 is 0. The first-order chi connectivity index (χ1) is 4.84. The summed E-state index contributed by atoms with van der Waals surface area (Å²) in [5, 5.41) is 2.83. The molecule has 0 spiro atoms. The van der Waals surface area contributed by atoms with Crippen LogP contribution in [0.25, 0.3) is 0 Å². The molecule has 0 aromatic carbocycles. The Labute approximate surface area is 70.7 Å². The van der Waals surface area contributed by atoms with Crippen LogP contribution in [0.4, 0.5) is 0 Å².